The van der Waals surface area contributed by atoms with Crippen LogP contribution in [0.15, 0.2) is 0 Å². The van der Waals surface area contributed by atoms with Crippen molar-refractivity contribution in [3.05, 3.63) is 0 Å². The molecule has 0 unspecified atom stereocenters. The predicted octanol–water partition coefficient (Wildman–Crippen LogP) is 3.05. The molecule has 0 aromatic heterocycles. The van der Waals surface area contributed by atoms with Gasteiger partial charge in [0, 0.05) is 0 Å². The van der Waals surface area contributed by atoms with E-state index >= 15 is 0 Å². The molecule has 84 valence electrons. The SMILES string of the molecule is O=S=O.[Ca+2].[Cl][Al-]([Cl])([Cl])[Cl].[Cl][Al-]([Cl])([Cl])[Cl].[LiH]. The van der Waals surface area contributed by atoms with Crippen LogP contribution in [-0.2, 0) is 11.6 Å². The van der Waals surface area contributed by atoms with Crippen molar-refractivity contribution in [1.29, 1.82) is 0 Å². The van der Waals surface area contributed by atoms with Gasteiger partial charge < -0.3 is 80.4 Å². The monoisotopic (exact) mass is 446 g/mol. The molecule has 0 saturated carbocycles. The van der Waals surface area contributed by atoms with Crippen LogP contribution in [0.5, 0.6) is 0 Å². The number of hydrogen-bond donors (Lipinski definition) is 0. The van der Waals surface area contributed by atoms with E-state index in [4.69, 9.17) is 88.8 Å². The van der Waals surface area contributed by atoms with Crippen LogP contribution in [0.1, 0.15) is 0 Å². The van der Waals surface area contributed by atoms with Crippen LogP contribution in [0.4, 0.5) is 0 Å². The van der Waals surface area contributed by atoms with Gasteiger partial charge in [0.05, 0.1) is 0 Å². The molecule has 0 heterocycles. The van der Waals surface area contributed by atoms with Crippen LogP contribution in [0.2, 0.25) is 0 Å². The van der Waals surface area contributed by atoms with Crippen molar-refractivity contribution in [3.63, 3.8) is 0 Å². The Kier molecular flexibility index (Phi) is 40.8. The van der Waals surface area contributed by atoms with Crippen LogP contribution >= 0.6 is 80.4 Å². The Balaban J connectivity index is -0.0000000322. The summed E-state index contributed by atoms with van der Waals surface area (Å²) in [7, 11) is 34.1. The van der Waals surface area contributed by atoms with Crippen molar-refractivity contribution in [3.8, 4) is 0 Å². The summed E-state index contributed by atoms with van der Waals surface area (Å²) in [5.41, 5.74) is 0. The van der Waals surface area contributed by atoms with Gasteiger partial charge in [0.2, 0.25) is 0 Å². The van der Waals surface area contributed by atoms with Gasteiger partial charge in [-0.2, -0.15) is 8.42 Å². The molecule has 0 bridgehead atoms. The Morgan fingerprint density at radius 1 is 0.667 bits per heavy atom. The van der Waals surface area contributed by atoms with Crippen molar-refractivity contribution in [1.82, 2.24) is 0 Å². The van der Waals surface area contributed by atoms with E-state index in [0.717, 1.165) is 0 Å². The Bertz CT molecular complexity index is 128. The van der Waals surface area contributed by atoms with Gasteiger partial charge in [-0.1, -0.05) is 0 Å². The molecule has 0 spiro atoms. The normalized spacial score (nSPS) is 8.80. The van der Waals surface area contributed by atoms with Crippen molar-refractivity contribution in [2.24, 2.45) is 0 Å². The fourth-order valence-electron chi connectivity index (χ4n) is 0. The summed E-state index contributed by atoms with van der Waals surface area (Å²) in [5.74, 6) is 0. The van der Waals surface area contributed by atoms with Crippen LogP contribution in [0.3, 0.4) is 0 Å². The van der Waals surface area contributed by atoms with Gasteiger partial charge in [0.15, 0.2) is 0 Å². The van der Waals surface area contributed by atoms with Gasteiger partial charge >= 0.3 is 87.0 Å². The van der Waals surface area contributed by atoms with E-state index in [2.05, 4.69) is 0 Å². The van der Waals surface area contributed by atoms with Crippen LogP contribution in [-0.4, -0.2) is 83.8 Å². The molecule has 0 aliphatic carbocycles. The summed E-state index contributed by atoms with van der Waals surface area (Å²) in [6, 6.07) is 0. The molecule has 0 radical (unpaired) electrons. The molecule has 0 aromatic rings. The second-order valence-corrected chi connectivity index (χ2v) is 26.9. The van der Waals surface area contributed by atoms with Crippen molar-refractivity contribution in [2.75, 3.05) is 0 Å². The number of hydrogen-bond acceptors (Lipinski definition) is 2. The average molecular weight is 450 g/mol. The third kappa shape index (κ3) is 217. The first-order chi connectivity index (χ1) is 5.41. The van der Waals surface area contributed by atoms with Gasteiger partial charge in [0.25, 0.3) is 0 Å². The molecule has 0 N–H and O–H groups in total. The van der Waals surface area contributed by atoms with Crippen molar-refractivity contribution in [2.45, 2.75) is 0 Å². The first-order valence-electron chi connectivity index (χ1n) is 2.08. The minimum atomic E-state index is -2.94. The second-order valence-electron chi connectivity index (χ2n) is 1.06. The Morgan fingerprint density at radius 3 is 0.667 bits per heavy atom. The van der Waals surface area contributed by atoms with Gasteiger partial charge in [-0.25, -0.2) is 0 Å². The second kappa shape index (κ2) is 19.1. The summed E-state index contributed by atoms with van der Waals surface area (Å²) >= 11 is -0.750. The molecule has 0 aromatic carbocycles. The van der Waals surface area contributed by atoms with Gasteiger partial charge in [-0.3, -0.25) is 0 Å². The fourth-order valence-corrected chi connectivity index (χ4v) is 0. The molecule has 0 atom stereocenters. The molecule has 15 heteroatoms. The standard InChI is InChI=1S/2Al.Ca.8ClH.Li.O2S.H/c;;;;;;;;;;;;1-3-2;/h;;;8*1H;;;/q2*+3;+2;;;;;;;;;;;/p-8. The van der Waals surface area contributed by atoms with Gasteiger partial charge in [-0.05, 0) is 0 Å². The first kappa shape index (κ1) is 32.1. The molecule has 15 heavy (non-hydrogen) atoms. The Labute approximate surface area is 172 Å². The zero-order valence-electron chi connectivity index (χ0n) is 6.11. The van der Waals surface area contributed by atoms with E-state index in [0.29, 0.717) is 0 Å². The van der Waals surface area contributed by atoms with Gasteiger partial charge in [0.1, 0.15) is 0 Å². The van der Waals surface area contributed by atoms with Gasteiger partial charge in [-0.15, -0.1) is 0 Å². The third-order valence-electron chi connectivity index (χ3n) is 0. The molecule has 0 rings (SSSR count). The van der Waals surface area contributed by atoms with E-state index < -0.39 is 30.4 Å². The maximum absolute atomic E-state index is 8.29. The first-order valence-corrected chi connectivity index (χ1v) is 16.7. The predicted molar refractivity (Wildman–Crippen MR) is 80.2 cm³/mol. The summed E-state index contributed by atoms with van der Waals surface area (Å²) in [4.78, 5) is 0. The average Bonchev–Trinajstić information content (AvgIpc) is 1.52. The summed E-state index contributed by atoms with van der Waals surface area (Å²) in [5, 5.41) is 0. The number of halogens is 8. The maximum atomic E-state index is 8.29. The molecule has 0 fully saturated rings. The molecule has 0 aliphatic heterocycles. The van der Waals surface area contributed by atoms with E-state index in [1.54, 1.807) is 0 Å². The third-order valence-corrected chi connectivity index (χ3v) is 0. The Hall–Kier alpha value is 5.06. The minimum absolute atomic E-state index is 0. The molecule has 2 nitrogen and oxygen atoms in total. The van der Waals surface area contributed by atoms with E-state index in [1.807, 2.05) is 0 Å². The summed E-state index contributed by atoms with van der Waals surface area (Å²) in [6.45, 7) is 0. The topological polar surface area (TPSA) is 34.1 Å². The fraction of sp³-hybridized carbons (Fsp3) is 0. The quantitative estimate of drug-likeness (QED) is 0.533. The Morgan fingerprint density at radius 2 is 0.667 bits per heavy atom. The van der Waals surface area contributed by atoms with Crippen LogP contribution in [0, 0.1) is 0 Å². The molecule has 0 saturated heterocycles. The van der Waals surface area contributed by atoms with E-state index in [-0.39, 0.29) is 56.6 Å². The molecular weight excluding hydrogens is 449 g/mol. The summed E-state index contributed by atoms with van der Waals surface area (Å²) < 4.78 is 16.6. The van der Waals surface area contributed by atoms with E-state index in [1.165, 1.54) is 0 Å². The van der Waals surface area contributed by atoms with Crippen molar-refractivity contribution < 1.29 is 8.42 Å². The van der Waals surface area contributed by atoms with Crippen molar-refractivity contribution >= 4 is 167 Å². The van der Waals surface area contributed by atoms with E-state index in [9.17, 15) is 0 Å². The molecular formula is HAl2CaCl8LiO2S. The molecule has 0 amide bonds. The molecule has 0 aliphatic rings. The zero-order chi connectivity index (χ0) is 11.7. The number of rotatable bonds is 0. The summed E-state index contributed by atoms with van der Waals surface area (Å²) in [6.07, 6.45) is 0. The van der Waals surface area contributed by atoms with Crippen LogP contribution < -0.4 is 0 Å². The van der Waals surface area contributed by atoms with Crippen LogP contribution in [0.25, 0.3) is 0 Å². The zero-order valence-corrected chi connectivity index (χ0v) is 17.5.